The Morgan fingerprint density at radius 3 is 2.47 bits per heavy atom. The van der Waals surface area contributed by atoms with E-state index in [1.165, 1.54) is 24.1 Å². The van der Waals surface area contributed by atoms with Crippen molar-refractivity contribution < 1.29 is 14.3 Å². The molecule has 1 aromatic carbocycles. The van der Waals surface area contributed by atoms with Gasteiger partial charge in [-0.05, 0) is 43.2 Å². The van der Waals surface area contributed by atoms with Crippen LogP contribution in [0.4, 0.5) is 17.2 Å². The molecule has 0 unspecified atom stereocenters. The number of nitrogens with one attached hydrogen (secondary N) is 2. The van der Waals surface area contributed by atoms with Gasteiger partial charge in [-0.25, -0.2) is 9.97 Å². The number of anilines is 3. The molecule has 0 radical (unpaired) electrons. The minimum Gasteiger partial charge on any atom is -0.468 e. The first-order valence-corrected chi connectivity index (χ1v) is 11.0. The summed E-state index contributed by atoms with van der Waals surface area (Å²) in [5.74, 6) is -0.672. The molecule has 0 spiro atoms. The van der Waals surface area contributed by atoms with E-state index in [1.807, 2.05) is 38.1 Å². The molecule has 9 nitrogen and oxygen atoms in total. The number of hydrogen-bond donors (Lipinski definition) is 2. The van der Waals surface area contributed by atoms with Gasteiger partial charge >= 0.3 is 5.97 Å². The van der Waals surface area contributed by atoms with Crippen LogP contribution in [0.5, 0.6) is 0 Å². The van der Waals surface area contributed by atoms with E-state index in [0.717, 1.165) is 10.2 Å². The number of halogens is 1. The predicted octanol–water partition coefficient (Wildman–Crippen LogP) is 3.85. The fourth-order valence-electron chi connectivity index (χ4n) is 3.28. The third-order valence-electron chi connectivity index (χ3n) is 5.12. The number of rotatable bonds is 8. The number of benzene rings is 1. The number of carbonyl (C=O) groups is 2. The minimum absolute atomic E-state index is 0.0481. The third-order valence-corrected chi connectivity index (χ3v) is 5.65. The van der Waals surface area contributed by atoms with Gasteiger partial charge in [-0.1, -0.05) is 29.8 Å². The molecule has 0 atom stereocenters. The van der Waals surface area contributed by atoms with Crippen LogP contribution in [0, 0.1) is 5.92 Å². The Kier molecular flexibility index (Phi) is 7.57. The van der Waals surface area contributed by atoms with Crippen LogP contribution >= 0.6 is 15.9 Å². The maximum absolute atomic E-state index is 13.1. The van der Waals surface area contributed by atoms with Crippen LogP contribution in [0.1, 0.15) is 26.7 Å². The monoisotopic (exact) mass is 501 g/mol. The van der Waals surface area contributed by atoms with Crippen LogP contribution in [-0.4, -0.2) is 33.5 Å². The maximum atomic E-state index is 13.1. The zero-order valence-corrected chi connectivity index (χ0v) is 19.6. The van der Waals surface area contributed by atoms with Gasteiger partial charge in [0.15, 0.2) is 0 Å². The summed E-state index contributed by atoms with van der Waals surface area (Å²) >= 11 is 3.40. The van der Waals surface area contributed by atoms with Crippen molar-refractivity contribution in [2.75, 3.05) is 17.7 Å². The van der Waals surface area contributed by atoms with E-state index in [2.05, 4.69) is 36.5 Å². The largest absolute Gasteiger partial charge is 0.468 e. The van der Waals surface area contributed by atoms with E-state index in [4.69, 9.17) is 4.74 Å². The van der Waals surface area contributed by atoms with E-state index in [0.29, 0.717) is 24.0 Å². The molecule has 0 aliphatic rings. The zero-order chi connectivity index (χ0) is 23.3. The van der Waals surface area contributed by atoms with E-state index in [1.54, 1.807) is 0 Å². The van der Waals surface area contributed by atoms with Crippen molar-refractivity contribution in [2.24, 2.45) is 5.92 Å². The molecule has 0 aliphatic carbocycles. The highest BCUT2D eigenvalue weighted by molar-refractivity contribution is 9.10. The van der Waals surface area contributed by atoms with Gasteiger partial charge in [0, 0.05) is 16.1 Å². The number of carbonyl (C=O) groups excluding carboxylic acids is 2. The summed E-state index contributed by atoms with van der Waals surface area (Å²) in [5, 5.41) is 6.39. The Hall–Kier alpha value is -3.27. The highest BCUT2D eigenvalue weighted by Crippen LogP contribution is 2.25. The van der Waals surface area contributed by atoms with Crippen LogP contribution in [0.3, 0.4) is 0 Å². The lowest BCUT2D eigenvalue weighted by Crippen LogP contribution is -2.31. The summed E-state index contributed by atoms with van der Waals surface area (Å²) in [6.07, 6.45) is 2.59. The van der Waals surface area contributed by atoms with Crippen molar-refractivity contribution in [2.45, 2.75) is 33.2 Å². The Labute approximate surface area is 193 Å². The molecule has 10 heteroatoms. The molecular formula is C22H24BrN5O4. The predicted molar refractivity (Wildman–Crippen MR) is 126 cm³/mol. The fourth-order valence-corrected chi connectivity index (χ4v) is 3.54. The molecule has 0 fully saturated rings. The summed E-state index contributed by atoms with van der Waals surface area (Å²) in [4.78, 5) is 46.3. The SMILES string of the molecule is CCC(CC)C(=O)Nc1cc2c(Nc3ccc(Br)cc3)ncnc2n(CC(=O)OC)c1=O. The summed E-state index contributed by atoms with van der Waals surface area (Å²) in [7, 11) is 1.24. The lowest BCUT2D eigenvalue weighted by Gasteiger charge is -2.16. The molecule has 3 rings (SSSR count). The first-order chi connectivity index (χ1) is 15.4. The lowest BCUT2D eigenvalue weighted by atomic mass is 10.0. The summed E-state index contributed by atoms with van der Waals surface area (Å²) in [6, 6.07) is 9.00. The minimum atomic E-state index is -0.613. The van der Waals surface area contributed by atoms with Crippen molar-refractivity contribution in [3.05, 3.63) is 51.5 Å². The molecule has 1 amide bonds. The second-order valence-electron chi connectivity index (χ2n) is 7.12. The van der Waals surface area contributed by atoms with Crippen molar-refractivity contribution in [1.82, 2.24) is 14.5 Å². The van der Waals surface area contributed by atoms with Crippen LogP contribution in [0.2, 0.25) is 0 Å². The standard InChI is InChI=1S/C22H24BrN5O4/c1-4-13(5-2)21(30)27-17-10-16-19(26-15-8-6-14(23)7-9-15)24-12-25-20(16)28(22(17)31)11-18(29)32-3/h6-10,12-13H,4-5,11H2,1-3H3,(H,27,30)(H,24,25,26). The maximum Gasteiger partial charge on any atom is 0.325 e. The normalized spacial score (nSPS) is 10.9. The number of pyridine rings is 1. The number of methoxy groups -OCH3 is 1. The third kappa shape index (κ3) is 5.13. The molecular weight excluding hydrogens is 478 g/mol. The van der Waals surface area contributed by atoms with Gasteiger partial charge in [0.2, 0.25) is 5.91 Å². The molecule has 32 heavy (non-hydrogen) atoms. The second kappa shape index (κ2) is 10.4. The molecule has 0 saturated carbocycles. The van der Waals surface area contributed by atoms with Crippen LogP contribution < -0.4 is 16.2 Å². The first-order valence-electron chi connectivity index (χ1n) is 10.2. The average molecular weight is 502 g/mol. The molecule has 168 valence electrons. The Morgan fingerprint density at radius 1 is 1.16 bits per heavy atom. The Balaban J connectivity index is 2.14. The number of fused-ring (bicyclic) bond motifs is 1. The van der Waals surface area contributed by atoms with Gasteiger partial charge in [-0.15, -0.1) is 0 Å². The van der Waals surface area contributed by atoms with Crippen LogP contribution in [0.25, 0.3) is 11.0 Å². The summed E-state index contributed by atoms with van der Waals surface area (Å²) in [6.45, 7) is 3.48. The Morgan fingerprint density at radius 2 is 1.84 bits per heavy atom. The van der Waals surface area contributed by atoms with Crippen molar-refractivity contribution in [3.8, 4) is 0 Å². The van der Waals surface area contributed by atoms with Crippen molar-refractivity contribution in [1.29, 1.82) is 0 Å². The van der Waals surface area contributed by atoms with Gasteiger partial charge in [0.1, 0.15) is 30.0 Å². The lowest BCUT2D eigenvalue weighted by molar-refractivity contribution is -0.141. The van der Waals surface area contributed by atoms with Crippen LogP contribution in [0.15, 0.2) is 45.9 Å². The van der Waals surface area contributed by atoms with E-state index < -0.39 is 11.5 Å². The van der Waals surface area contributed by atoms with Crippen molar-refractivity contribution >= 4 is 56.0 Å². The molecule has 2 heterocycles. The topological polar surface area (TPSA) is 115 Å². The molecule has 0 aliphatic heterocycles. The van der Waals surface area contributed by atoms with E-state index in [-0.39, 0.29) is 29.7 Å². The smallest absolute Gasteiger partial charge is 0.325 e. The Bertz CT molecular complexity index is 1190. The van der Waals surface area contributed by atoms with Crippen LogP contribution in [-0.2, 0) is 20.9 Å². The molecule has 3 aromatic rings. The number of hydrogen-bond acceptors (Lipinski definition) is 7. The number of esters is 1. The van der Waals surface area contributed by atoms with Crippen molar-refractivity contribution in [3.63, 3.8) is 0 Å². The zero-order valence-electron chi connectivity index (χ0n) is 18.0. The summed E-state index contributed by atoms with van der Waals surface area (Å²) < 4.78 is 6.84. The summed E-state index contributed by atoms with van der Waals surface area (Å²) in [5.41, 5.74) is 0.513. The molecule has 0 saturated heterocycles. The number of amides is 1. The molecule has 2 aromatic heterocycles. The van der Waals surface area contributed by atoms with E-state index >= 15 is 0 Å². The highest BCUT2D eigenvalue weighted by atomic mass is 79.9. The number of aromatic nitrogens is 3. The van der Waals surface area contributed by atoms with Gasteiger partial charge in [-0.3, -0.25) is 19.0 Å². The first kappa shape index (κ1) is 23.4. The van der Waals surface area contributed by atoms with E-state index in [9.17, 15) is 14.4 Å². The highest BCUT2D eigenvalue weighted by Gasteiger charge is 2.20. The van der Waals surface area contributed by atoms with Gasteiger partial charge in [0.05, 0.1) is 12.5 Å². The average Bonchev–Trinajstić information content (AvgIpc) is 2.79. The molecule has 2 N–H and O–H groups in total. The second-order valence-corrected chi connectivity index (χ2v) is 8.04. The molecule has 0 bridgehead atoms. The van der Waals surface area contributed by atoms with Gasteiger partial charge < -0.3 is 15.4 Å². The number of nitrogens with zero attached hydrogens (tertiary/aromatic N) is 3. The fraction of sp³-hybridized carbons (Fsp3) is 0.318. The quantitative estimate of drug-likeness (QED) is 0.450. The number of ether oxygens (including phenoxy) is 1. The van der Waals surface area contributed by atoms with Gasteiger partial charge in [-0.2, -0.15) is 0 Å². The van der Waals surface area contributed by atoms with Gasteiger partial charge in [0.25, 0.3) is 5.56 Å².